The second-order valence-electron chi connectivity index (χ2n) is 4.61. The molecule has 2 aromatic carbocycles. The van der Waals surface area contributed by atoms with Crippen molar-refractivity contribution in [2.45, 2.75) is 6.54 Å². The average molecular weight is 311 g/mol. The molecule has 0 saturated carbocycles. The van der Waals surface area contributed by atoms with E-state index in [1.165, 1.54) is 11.9 Å². The maximum absolute atomic E-state index is 13.4. The second-order valence-corrected chi connectivity index (χ2v) is 5.01. The third kappa shape index (κ3) is 3.31. The molecule has 2 rings (SSSR count). The van der Waals surface area contributed by atoms with Gasteiger partial charge in [-0.15, -0.1) is 0 Å². The fourth-order valence-corrected chi connectivity index (χ4v) is 2.08. The number of benzene rings is 2. The van der Waals surface area contributed by atoms with Crippen molar-refractivity contribution in [3.63, 3.8) is 0 Å². The van der Waals surface area contributed by atoms with E-state index in [1.54, 1.807) is 24.3 Å². The minimum atomic E-state index is -0.954. The summed E-state index contributed by atoms with van der Waals surface area (Å²) in [5.41, 5.74) is 5.22. The highest BCUT2D eigenvalue weighted by atomic mass is 35.5. The van der Waals surface area contributed by atoms with Crippen molar-refractivity contribution in [2.75, 3.05) is 12.8 Å². The molecule has 2 N–H and O–H groups in total. The van der Waals surface area contributed by atoms with Crippen molar-refractivity contribution >= 4 is 23.2 Å². The van der Waals surface area contributed by atoms with Crippen LogP contribution in [0.5, 0.6) is 0 Å². The van der Waals surface area contributed by atoms with Crippen molar-refractivity contribution in [3.8, 4) is 0 Å². The zero-order chi connectivity index (χ0) is 15.6. The number of hydrogen-bond donors (Lipinski definition) is 1. The Morgan fingerprint density at radius 1 is 1.24 bits per heavy atom. The molecule has 0 aliphatic heterocycles. The van der Waals surface area contributed by atoms with E-state index in [4.69, 9.17) is 17.3 Å². The summed E-state index contributed by atoms with van der Waals surface area (Å²) in [5, 5.41) is 0.520. The van der Waals surface area contributed by atoms with Crippen LogP contribution < -0.4 is 5.73 Å². The first-order chi connectivity index (χ1) is 9.90. The highest BCUT2D eigenvalue weighted by molar-refractivity contribution is 6.31. The van der Waals surface area contributed by atoms with Crippen molar-refractivity contribution in [1.82, 2.24) is 4.90 Å². The summed E-state index contributed by atoms with van der Waals surface area (Å²) in [5.74, 6) is -2.43. The number of nitrogens with two attached hydrogens (primary N) is 1. The quantitative estimate of drug-likeness (QED) is 0.882. The molecule has 0 saturated heterocycles. The van der Waals surface area contributed by atoms with Crippen molar-refractivity contribution in [3.05, 3.63) is 64.2 Å². The number of carbonyl (C=O) groups excluding carboxylic acids is 1. The Bertz CT molecular complexity index is 668. The minimum Gasteiger partial charge on any atom is -0.394 e. The van der Waals surface area contributed by atoms with Crippen molar-refractivity contribution < 1.29 is 13.6 Å². The minimum absolute atomic E-state index is 0.103. The predicted molar refractivity (Wildman–Crippen MR) is 78.0 cm³/mol. The summed E-state index contributed by atoms with van der Waals surface area (Å²) in [6, 6.07) is 8.89. The third-order valence-corrected chi connectivity index (χ3v) is 3.41. The summed E-state index contributed by atoms with van der Waals surface area (Å²) in [6.07, 6.45) is 0. The molecule has 2 aromatic rings. The van der Waals surface area contributed by atoms with Crippen LogP contribution in [0, 0.1) is 11.6 Å². The van der Waals surface area contributed by atoms with Crippen LogP contribution in [0.2, 0.25) is 5.02 Å². The van der Waals surface area contributed by atoms with E-state index < -0.39 is 23.2 Å². The van der Waals surface area contributed by atoms with Crippen LogP contribution in [0.15, 0.2) is 36.4 Å². The number of amides is 1. The van der Waals surface area contributed by atoms with Crippen LogP contribution in [0.1, 0.15) is 15.9 Å². The standard InChI is InChI=1S/C15H13ClF2N2O/c1-20(8-9-4-2-3-5-11(9)16)15(21)10-6-12(17)14(19)13(18)7-10/h2-7H,8,19H2,1H3. The first kappa shape index (κ1) is 15.3. The number of hydrogen-bond acceptors (Lipinski definition) is 2. The second kappa shape index (κ2) is 6.10. The molecule has 0 spiro atoms. The summed E-state index contributed by atoms with van der Waals surface area (Å²) >= 11 is 6.02. The number of nitrogen functional groups attached to an aromatic ring is 1. The van der Waals surface area contributed by atoms with Gasteiger partial charge < -0.3 is 10.6 Å². The molecular formula is C15H13ClF2N2O. The van der Waals surface area contributed by atoms with Gasteiger partial charge in [-0.1, -0.05) is 29.8 Å². The molecule has 0 radical (unpaired) electrons. The Morgan fingerprint density at radius 3 is 2.38 bits per heavy atom. The lowest BCUT2D eigenvalue weighted by Crippen LogP contribution is -2.26. The van der Waals surface area contributed by atoms with Gasteiger partial charge in [-0.05, 0) is 23.8 Å². The highest BCUT2D eigenvalue weighted by Crippen LogP contribution is 2.20. The number of carbonyl (C=O) groups is 1. The number of anilines is 1. The predicted octanol–water partition coefficient (Wildman–Crippen LogP) is 3.47. The summed E-state index contributed by atoms with van der Waals surface area (Å²) in [6.45, 7) is 0.228. The molecular weight excluding hydrogens is 298 g/mol. The first-order valence-corrected chi connectivity index (χ1v) is 6.51. The lowest BCUT2D eigenvalue weighted by molar-refractivity contribution is 0.0784. The molecule has 0 aromatic heterocycles. The van der Waals surface area contributed by atoms with Gasteiger partial charge in [0.2, 0.25) is 0 Å². The molecule has 6 heteroatoms. The SMILES string of the molecule is CN(Cc1ccccc1Cl)C(=O)c1cc(F)c(N)c(F)c1. The summed E-state index contributed by atoms with van der Waals surface area (Å²) in [4.78, 5) is 13.5. The fourth-order valence-electron chi connectivity index (χ4n) is 1.88. The molecule has 0 unspecified atom stereocenters. The number of rotatable bonds is 3. The Hall–Kier alpha value is -2.14. The largest absolute Gasteiger partial charge is 0.394 e. The Kier molecular flexibility index (Phi) is 4.43. The maximum atomic E-state index is 13.4. The summed E-state index contributed by atoms with van der Waals surface area (Å²) < 4.78 is 26.8. The zero-order valence-corrected chi connectivity index (χ0v) is 12.0. The number of halogens is 3. The molecule has 110 valence electrons. The number of nitrogens with zero attached hydrogens (tertiary/aromatic N) is 1. The maximum Gasteiger partial charge on any atom is 0.254 e. The molecule has 0 aliphatic carbocycles. The smallest absolute Gasteiger partial charge is 0.254 e. The average Bonchev–Trinajstić information content (AvgIpc) is 2.45. The van der Waals surface area contributed by atoms with Gasteiger partial charge in [0.1, 0.15) is 17.3 Å². The van der Waals surface area contributed by atoms with Crippen LogP contribution in [-0.2, 0) is 6.54 Å². The molecule has 0 bridgehead atoms. The van der Waals surface area contributed by atoms with E-state index in [2.05, 4.69) is 0 Å². The lowest BCUT2D eigenvalue weighted by atomic mass is 10.1. The van der Waals surface area contributed by atoms with Gasteiger partial charge in [0, 0.05) is 24.2 Å². The van der Waals surface area contributed by atoms with E-state index in [0.717, 1.165) is 17.7 Å². The Morgan fingerprint density at radius 2 is 1.81 bits per heavy atom. The van der Waals surface area contributed by atoms with Gasteiger partial charge in [-0.2, -0.15) is 0 Å². The normalized spacial score (nSPS) is 10.5. The van der Waals surface area contributed by atoms with Gasteiger partial charge in [0.05, 0.1) is 0 Å². The van der Waals surface area contributed by atoms with Crippen molar-refractivity contribution in [1.29, 1.82) is 0 Å². The monoisotopic (exact) mass is 310 g/mol. The van der Waals surface area contributed by atoms with E-state index in [1.807, 2.05) is 0 Å². The topological polar surface area (TPSA) is 46.3 Å². The van der Waals surface area contributed by atoms with Crippen LogP contribution in [-0.4, -0.2) is 17.9 Å². The summed E-state index contributed by atoms with van der Waals surface area (Å²) in [7, 11) is 1.53. The van der Waals surface area contributed by atoms with Crippen LogP contribution in [0.3, 0.4) is 0 Å². The van der Waals surface area contributed by atoms with Crippen molar-refractivity contribution in [2.24, 2.45) is 0 Å². The molecule has 3 nitrogen and oxygen atoms in total. The molecule has 0 atom stereocenters. The van der Waals surface area contributed by atoms with E-state index in [-0.39, 0.29) is 12.1 Å². The van der Waals surface area contributed by atoms with Gasteiger partial charge in [-0.3, -0.25) is 4.79 Å². The molecule has 0 aliphatic rings. The van der Waals surface area contributed by atoms with E-state index >= 15 is 0 Å². The lowest BCUT2D eigenvalue weighted by Gasteiger charge is -2.18. The van der Waals surface area contributed by atoms with Crippen LogP contribution in [0.25, 0.3) is 0 Å². The van der Waals surface area contributed by atoms with Gasteiger partial charge in [0.15, 0.2) is 0 Å². The van der Waals surface area contributed by atoms with E-state index in [0.29, 0.717) is 5.02 Å². The van der Waals surface area contributed by atoms with Gasteiger partial charge in [-0.25, -0.2) is 8.78 Å². The van der Waals surface area contributed by atoms with Crippen LogP contribution >= 0.6 is 11.6 Å². The van der Waals surface area contributed by atoms with E-state index in [9.17, 15) is 13.6 Å². The molecule has 21 heavy (non-hydrogen) atoms. The first-order valence-electron chi connectivity index (χ1n) is 6.13. The van der Waals surface area contributed by atoms with Gasteiger partial charge in [0.25, 0.3) is 5.91 Å². The highest BCUT2D eigenvalue weighted by Gasteiger charge is 2.17. The molecule has 0 fully saturated rings. The molecule has 1 amide bonds. The Balaban J connectivity index is 2.22. The zero-order valence-electron chi connectivity index (χ0n) is 11.2. The fraction of sp³-hybridized carbons (Fsp3) is 0.133. The molecule has 0 heterocycles. The van der Waals surface area contributed by atoms with Gasteiger partial charge >= 0.3 is 0 Å². The van der Waals surface area contributed by atoms with Crippen LogP contribution in [0.4, 0.5) is 14.5 Å². The third-order valence-electron chi connectivity index (χ3n) is 3.04. The Labute approximate surface area is 125 Å².